The summed E-state index contributed by atoms with van der Waals surface area (Å²) in [6.07, 6.45) is 2.02. The van der Waals surface area contributed by atoms with Crippen LogP contribution in [-0.2, 0) is 6.42 Å². The first kappa shape index (κ1) is 24.5. The molecule has 2 nitrogen and oxygen atoms in total. The molecule has 4 heteroatoms. The normalized spacial score (nSPS) is 11.5. The van der Waals surface area contributed by atoms with E-state index in [0.29, 0.717) is 0 Å². The van der Waals surface area contributed by atoms with E-state index in [4.69, 9.17) is 9.47 Å². The fourth-order valence-electron chi connectivity index (χ4n) is 4.11. The summed E-state index contributed by atoms with van der Waals surface area (Å²) in [6, 6.07) is 30.1. The number of hydrogen-bond acceptors (Lipinski definition) is 2. The lowest BCUT2D eigenvalue weighted by molar-refractivity contribution is 0.410. The highest BCUT2D eigenvalue weighted by atomic mass is 31.1. The lowest BCUT2D eigenvalue weighted by atomic mass is 9.96. The molecule has 4 aromatic carbocycles. The van der Waals surface area contributed by atoms with Crippen LogP contribution in [-0.4, -0.2) is 20.4 Å². The molecule has 172 valence electrons. The van der Waals surface area contributed by atoms with Crippen molar-refractivity contribution in [3.05, 3.63) is 90.5 Å². The molecule has 2 radical (unpaired) electrons. The van der Waals surface area contributed by atoms with Crippen molar-refractivity contribution in [1.82, 2.24) is 0 Å². The molecule has 0 bridgehead atoms. The molecule has 0 heterocycles. The zero-order chi connectivity index (χ0) is 23.9. The van der Waals surface area contributed by atoms with E-state index >= 15 is 0 Å². The lowest BCUT2D eigenvalue weighted by Crippen LogP contribution is -2.14. The van der Waals surface area contributed by atoms with Crippen LogP contribution in [0.2, 0.25) is 0 Å². The van der Waals surface area contributed by atoms with Gasteiger partial charge in [-0.1, -0.05) is 80.6 Å². The van der Waals surface area contributed by atoms with Gasteiger partial charge in [0.05, 0.1) is 14.2 Å². The molecule has 0 atom stereocenters. The number of aryl methyl sites for hydroxylation is 1. The summed E-state index contributed by atoms with van der Waals surface area (Å²) in [6.45, 7) is 4.41. The van der Waals surface area contributed by atoms with E-state index in [1.165, 1.54) is 35.6 Å². The average molecular weight is 485 g/mol. The fourth-order valence-corrected chi connectivity index (χ4v) is 6.22. The van der Waals surface area contributed by atoms with Gasteiger partial charge in [0.25, 0.3) is 0 Å². The molecule has 0 aliphatic carbocycles. The second-order valence-electron chi connectivity index (χ2n) is 7.91. The van der Waals surface area contributed by atoms with Gasteiger partial charge in [-0.2, -0.15) is 0 Å². The van der Waals surface area contributed by atoms with Crippen molar-refractivity contribution in [1.29, 1.82) is 0 Å². The van der Waals surface area contributed by atoms with Crippen LogP contribution in [0.15, 0.2) is 84.9 Å². The van der Waals surface area contributed by atoms with Gasteiger partial charge in [-0.05, 0) is 80.5 Å². The number of hydrogen-bond donors (Lipinski definition) is 0. The van der Waals surface area contributed by atoms with Crippen molar-refractivity contribution in [3.63, 3.8) is 0 Å². The average Bonchev–Trinajstić information content (AvgIpc) is 2.89. The summed E-state index contributed by atoms with van der Waals surface area (Å²) >= 11 is 0. The standard InChI is InChI=1S/C30H30O2P2/c1-5-21-17-25(31-3)29(27(18-21)33-6-2)30-26(32-4)19-23(22-13-9-7-10-14-22)20-28(30)34-24-15-11-8-12-16-24/h7-20H,5-6H2,1-4H3. The first-order chi connectivity index (χ1) is 16.7. The van der Waals surface area contributed by atoms with E-state index in [-0.39, 0.29) is 0 Å². The fraction of sp³-hybridized carbons (Fsp3) is 0.200. The van der Waals surface area contributed by atoms with Crippen LogP contribution < -0.4 is 25.4 Å². The van der Waals surface area contributed by atoms with Gasteiger partial charge in [-0.25, -0.2) is 0 Å². The van der Waals surface area contributed by atoms with Gasteiger partial charge >= 0.3 is 0 Å². The number of rotatable bonds is 9. The summed E-state index contributed by atoms with van der Waals surface area (Å²) in [5.41, 5.74) is 5.87. The highest BCUT2D eigenvalue weighted by Gasteiger charge is 2.22. The van der Waals surface area contributed by atoms with Crippen LogP contribution in [0.3, 0.4) is 0 Å². The smallest absolute Gasteiger partial charge is 0.128 e. The highest BCUT2D eigenvalue weighted by Crippen LogP contribution is 2.41. The van der Waals surface area contributed by atoms with E-state index in [9.17, 15) is 0 Å². The molecule has 4 aromatic rings. The first-order valence-corrected chi connectivity index (χ1v) is 13.6. The minimum absolute atomic E-state index is 0.870. The molecule has 0 N–H and O–H groups in total. The minimum atomic E-state index is 0.870. The Morgan fingerprint density at radius 2 is 1.26 bits per heavy atom. The van der Waals surface area contributed by atoms with Gasteiger partial charge in [0.2, 0.25) is 0 Å². The molecule has 34 heavy (non-hydrogen) atoms. The maximum Gasteiger partial charge on any atom is 0.128 e. The third-order valence-electron chi connectivity index (χ3n) is 5.76. The van der Waals surface area contributed by atoms with Crippen LogP contribution in [0, 0.1) is 0 Å². The molecule has 0 aliphatic rings. The van der Waals surface area contributed by atoms with Crippen molar-refractivity contribution < 1.29 is 9.47 Å². The molecule has 0 unspecified atom stereocenters. The van der Waals surface area contributed by atoms with Crippen LogP contribution in [0.1, 0.15) is 19.4 Å². The number of ether oxygens (including phenoxy) is 2. The van der Waals surface area contributed by atoms with Gasteiger partial charge in [0, 0.05) is 11.1 Å². The highest BCUT2D eigenvalue weighted by molar-refractivity contribution is 7.56. The Morgan fingerprint density at radius 3 is 1.88 bits per heavy atom. The van der Waals surface area contributed by atoms with Crippen molar-refractivity contribution in [2.45, 2.75) is 20.3 Å². The van der Waals surface area contributed by atoms with Crippen LogP contribution in [0.5, 0.6) is 11.5 Å². The van der Waals surface area contributed by atoms with Crippen molar-refractivity contribution in [2.75, 3.05) is 20.4 Å². The molecule has 0 saturated heterocycles. The molecule has 4 rings (SSSR count). The summed E-state index contributed by atoms with van der Waals surface area (Å²) in [5, 5.41) is 3.74. The Balaban J connectivity index is 2.02. The molecule has 0 spiro atoms. The van der Waals surface area contributed by atoms with E-state index in [1.54, 1.807) is 14.2 Å². The summed E-state index contributed by atoms with van der Waals surface area (Å²) in [7, 11) is 5.94. The molecule has 0 aromatic heterocycles. The lowest BCUT2D eigenvalue weighted by Gasteiger charge is -2.22. The van der Waals surface area contributed by atoms with Gasteiger partial charge in [-0.3, -0.25) is 0 Å². The van der Waals surface area contributed by atoms with Crippen molar-refractivity contribution >= 4 is 33.1 Å². The maximum absolute atomic E-state index is 6.07. The van der Waals surface area contributed by atoms with Gasteiger partial charge in [0.1, 0.15) is 11.5 Å². The largest absolute Gasteiger partial charge is 0.496 e. The monoisotopic (exact) mass is 484 g/mol. The molecule has 0 amide bonds. The second kappa shape index (κ2) is 11.7. The SMILES string of the molecule is CC[P]c1cc(CC)cc(OC)c1-c1c(OC)cc(-c2ccccc2)cc1[P]c1ccccc1. The Kier molecular flexibility index (Phi) is 8.39. The summed E-state index contributed by atoms with van der Waals surface area (Å²) in [5.74, 6) is 1.78. The maximum atomic E-state index is 6.07. The Labute approximate surface area is 207 Å². The first-order valence-electron chi connectivity index (χ1n) is 11.6. The molecular weight excluding hydrogens is 454 g/mol. The molecule has 0 saturated carbocycles. The second-order valence-corrected chi connectivity index (χ2v) is 10.6. The Bertz CT molecular complexity index is 1240. The predicted molar refractivity (Wildman–Crippen MR) is 150 cm³/mol. The van der Waals surface area contributed by atoms with E-state index in [2.05, 4.69) is 98.8 Å². The zero-order valence-electron chi connectivity index (χ0n) is 20.2. The number of methoxy groups -OCH3 is 2. The van der Waals surface area contributed by atoms with Crippen LogP contribution in [0.25, 0.3) is 22.3 Å². The zero-order valence-corrected chi connectivity index (χ0v) is 22.0. The van der Waals surface area contributed by atoms with Crippen LogP contribution >= 0.6 is 17.2 Å². The third-order valence-corrected chi connectivity index (χ3v) is 7.92. The van der Waals surface area contributed by atoms with Crippen molar-refractivity contribution in [2.24, 2.45) is 0 Å². The Hall–Kier alpha value is -2.66. The van der Waals surface area contributed by atoms with E-state index in [1.807, 2.05) is 0 Å². The third kappa shape index (κ3) is 5.35. The van der Waals surface area contributed by atoms with Gasteiger partial charge < -0.3 is 9.47 Å². The topological polar surface area (TPSA) is 18.5 Å². The molecular formula is C30H30O2P2. The van der Waals surface area contributed by atoms with Crippen LogP contribution in [0.4, 0.5) is 0 Å². The molecule has 0 fully saturated rings. The van der Waals surface area contributed by atoms with Crippen molar-refractivity contribution in [3.8, 4) is 33.8 Å². The van der Waals surface area contributed by atoms with Gasteiger partial charge in [-0.15, -0.1) is 0 Å². The molecule has 0 aliphatic heterocycles. The summed E-state index contributed by atoms with van der Waals surface area (Å²) < 4.78 is 12.1. The van der Waals surface area contributed by atoms with E-state index in [0.717, 1.165) is 49.4 Å². The number of benzene rings is 4. The predicted octanol–water partition coefficient (Wildman–Crippen LogP) is 7.09. The summed E-state index contributed by atoms with van der Waals surface area (Å²) in [4.78, 5) is 0. The minimum Gasteiger partial charge on any atom is -0.496 e. The quantitative estimate of drug-likeness (QED) is 0.236. The van der Waals surface area contributed by atoms with E-state index < -0.39 is 0 Å². The Morgan fingerprint density at radius 1 is 0.647 bits per heavy atom. The van der Waals surface area contributed by atoms with Gasteiger partial charge in [0.15, 0.2) is 0 Å².